The fourth-order valence-corrected chi connectivity index (χ4v) is 2.24. The number of nitrogens with one attached hydrogen (secondary N) is 1. The van der Waals surface area contributed by atoms with Crippen LogP contribution in [-0.2, 0) is 9.53 Å². The van der Waals surface area contributed by atoms with Gasteiger partial charge in [-0.3, -0.25) is 4.79 Å². The first-order valence-electron chi connectivity index (χ1n) is 5.68. The Morgan fingerprint density at radius 3 is 2.80 bits per heavy atom. The van der Waals surface area contributed by atoms with Gasteiger partial charge in [-0.1, -0.05) is 6.92 Å². The molecule has 15 heavy (non-hydrogen) atoms. The topological polar surface area (TPSA) is 41.6 Å². The number of nitrogens with zero attached hydrogens (tertiary/aromatic N) is 1. The molecular weight excluding hydrogens is 192 g/mol. The van der Waals surface area contributed by atoms with Crippen molar-refractivity contribution in [2.75, 3.05) is 33.8 Å². The number of methoxy groups -OCH3 is 1. The van der Waals surface area contributed by atoms with E-state index in [9.17, 15) is 4.79 Å². The van der Waals surface area contributed by atoms with Gasteiger partial charge in [-0.25, -0.2) is 0 Å². The summed E-state index contributed by atoms with van der Waals surface area (Å²) >= 11 is 0. The van der Waals surface area contributed by atoms with Crippen LogP contribution in [0.25, 0.3) is 0 Å². The number of hydrogen-bond donors (Lipinski definition) is 1. The summed E-state index contributed by atoms with van der Waals surface area (Å²) < 4.78 is 4.82. The third kappa shape index (κ3) is 3.47. The predicted octanol–water partition coefficient (Wildman–Crippen LogP) is 0.479. The van der Waals surface area contributed by atoms with E-state index in [1.807, 2.05) is 7.05 Å². The quantitative estimate of drug-likeness (QED) is 0.691. The van der Waals surface area contributed by atoms with Gasteiger partial charge in [0.1, 0.15) is 0 Å². The lowest BCUT2D eigenvalue weighted by molar-refractivity contribution is -0.147. The van der Waals surface area contributed by atoms with E-state index in [-0.39, 0.29) is 11.9 Å². The third-order valence-corrected chi connectivity index (χ3v) is 3.01. The van der Waals surface area contributed by atoms with Crippen molar-refractivity contribution in [3.63, 3.8) is 0 Å². The Kier molecular flexibility index (Phi) is 5.05. The van der Waals surface area contributed by atoms with Gasteiger partial charge in [0.25, 0.3) is 0 Å². The zero-order valence-electron chi connectivity index (χ0n) is 9.95. The minimum Gasteiger partial charge on any atom is -0.469 e. The number of piperidine rings is 1. The minimum absolute atomic E-state index is 0.0350. The molecule has 0 aromatic carbocycles. The standard InChI is InChI=1S/C11H22N2O2/c1-4-5-13-7-9(11(14)15-3)6-10(8-13)12-2/h9-10,12H,4-8H2,1-3H3. The molecule has 1 N–H and O–H groups in total. The summed E-state index contributed by atoms with van der Waals surface area (Å²) in [7, 11) is 3.42. The molecule has 0 bridgehead atoms. The molecule has 0 radical (unpaired) electrons. The number of carbonyl (C=O) groups excluding carboxylic acids is 1. The van der Waals surface area contributed by atoms with Crippen molar-refractivity contribution in [1.82, 2.24) is 10.2 Å². The van der Waals surface area contributed by atoms with Crippen molar-refractivity contribution in [3.8, 4) is 0 Å². The molecule has 1 heterocycles. The van der Waals surface area contributed by atoms with E-state index in [1.54, 1.807) is 0 Å². The predicted molar refractivity (Wildman–Crippen MR) is 59.7 cm³/mol. The molecule has 4 heteroatoms. The Morgan fingerprint density at radius 1 is 1.53 bits per heavy atom. The highest BCUT2D eigenvalue weighted by Gasteiger charge is 2.30. The molecular formula is C11H22N2O2. The first kappa shape index (κ1) is 12.5. The average molecular weight is 214 g/mol. The molecule has 0 aromatic rings. The molecule has 1 aliphatic rings. The van der Waals surface area contributed by atoms with E-state index < -0.39 is 0 Å². The Labute approximate surface area is 92.0 Å². The maximum absolute atomic E-state index is 11.5. The van der Waals surface area contributed by atoms with Gasteiger partial charge in [-0.05, 0) is 26.4 Å². The van der Waals surface area contributed by atoms with Crippen LogP contribution in [0.5, 0.6) is 0 Å². The molecule has 0 spiro atoms. The van der Waals surface area contributed by atoms with Gasteiger partial charge < -0.3 is 15.0 Å². The molecule has 0 amide bonds. The zero-order chi connectivity index (χ0) is 11.3. The number of esters is 1. The summed E-state index contributed by atoms with van der Waals surface area (Å²) in [5, 5.41) is 3.25. The van der Waals surface area contributed by atoms with Crippen molar-refractivity contribution in [3.05, 3.63) is 0 Å². The van der Waals surface area contributed by atoms with Crippen LogP contribution in [-0.4, -0.2) is 50.7 Å². The molecule has 1 saturated heterocycles. The van der Waals surface area contributed by atoms with E-state index in [4.69, 9.17) is 4.74 Å². The number of likely N-dealkylation sites (tertiary alicyclic amines) is 1. The van der Waals surface area contributed by atoms with E-state index in [0.717, 1.165) is 32.5 Å². The smallest absolute Gasteiger partial charge is 0.310 e. The SMILES string of the molecule is CCCN1CC(NC)CC(C(=O)OC)C1. The zero-order valence-corrected chi connectivity index (χ0v) is 9.95. The van der Waals surface area contributed by atoms with Crippen molar-refractivity contribution >= 4 is 5.97 Å². The van der Waals surface area contributed by atoms with Crippen LogP contribution in [0.15, 0.2) is 0 Å². The van der Waals surface area contributed by atoms with Gasteiger partial charge in [0.05, 0.1) is 13.0 Å². The van der Waals surface area contributed by atoms with Crippen LogP contribution in [0.1, 0.15) is 19.8 Å². The van der Waals surface area contributed by atoms with Crippen LogP contribution < -0.4 is 5.32 Å². The highest BCUT2D eigenvalue weighted by Crippen LogP contribution is 2.18. The molecule has 0 saturated carbocycles. The maximum Gasteiger partial charge on any atom is 0.310 e. The van der Waals surface area contributed by atoms with Crippen molar-refractivity contribution in [2.45, 2.75) is 25.8 Å². The van der Waals surface area contributed by atoms with Crippen LogP contribution in [0.3, 0.4) is 0 Å². The van der Waals surface area contributed by atoms with Crippen LogP contribution >= 0.6 is 0 Å². The lowest BCUT2D eigenvalue weighted by Gasteiger charge is -2.36. The lowest BCUT2D eigenvalue weighted by Crippen LogP contribution is -2.50. The second-order valence-electron chi connectivity index (χ2n) is 4.20. The largest absolute Gasteiger partial charge is 0.469 e. The van der Waals surface area contributed by atoms with E-state index in [1.165, 1.54) is 7.11 Å². The number of rotatable bonds is 4. The van der Waals surface area contributed by atoms with E-state index in [2.05, 4.69) is 17.1 Å². The number of carbonyl (C=O) groups is 1. The van der Waals surface area contributed by atoms with Gasteiger partial charge >= 0.3 is 5.97 Å². The van der Waals surface area contributed by atoms with Crippen molar-refractivity contribution < 1.29 is 9.53 Å². The van der Waals surface area contributed by atoms with E-state index in [0.29, 0.717) is 6.04 Å². The summed E-state index contributed by atoms with van der Waals surface area (Å²) in [4.78, 5) is 13.8. The summed E-state index contributed by atoms with van der Waals surface area (Å²) in [5.41, 5.74) is 0. The number of hydrogen-bond acceptors (Lipinski definition) is 4. The molecule has 2 atom stereocenters. The van der Waals surface area contributed by atoms with Gasteiger partial charge in [0.15, 0.2) is 0 Å². The summed E-state index contributed by atoms with van der Waals surface area (Å²) in [6.45, 7) is 5.11. The number of likely N-dealkylation sites (N-methyl/N-ethyl adjacent to an activating group) is 1. The Balaban J connectivity index is 2.54. The second kappa shape index (κ2) is 6.08. The Morgan fingerprint density at radius 2 is 2.27 bits per heavy atom. The highest BCUT2D eigenvalue weighted by molar-refractivity contribution is 5.72. The fourth-order valence-electron chi connectivity index (χ4n) is 2.24. The lowest BCUT2D eigenvalue weighted by atomic mass is 9.94. The molecule has 1 rings (SSSR count). The molecule has 1 fully saturated rings. The Hall–Kier alpha value is -0.610. The average Bonchev–Trinajstić information content (AvgIpc) is 2.28. The van der Waals surface area contributed by atoms with Crippen molar-refractivity contribution in [2.24, 2.45) is 5.92 Å². The minimum atomic E-state index is -0.0731. The highest BCUT2D eigenvalue weighted by atomic mass is 16.5. The molecule has 4 nitrogen and oxygen atoms in total. The van der Waals surface area contributed by atoms with Crippen LogP contribution in [0.4, 0.5) is 0 Å². The molecule has 88 valence electrons. The first-order chi connectivity index (χ1) is 7.21. The molecule has 2 unspecified atom stereocenters. The second-order valence-corrected chi connectivity index (χ2v) is 4.20. The summed E-state index contributed by atoms with van der Waals surface area (Å²) in [5.74, 6) is -0.0381. The monoisotopic (exact) mass is 214 g/mol. The third-order valence-electron chi connectivity index (χ3n) is 3.01. The van der Waals surface area contributed by atoms with E-state index >= 15 is 0 Å². The van der Waals surface area contributed by atoms with Gasteiger partial charge in [-0.15, -0.1) is 0 Å². The normalized spacial score (nSPS) is 27.7. The molecule has 1 aliphatic heterocycles. The summed E-state index contributed by atoms with van der Waals surface area (Å²) in [6.07, 6.45) is 2.02. The fraction of sp³-hybridized carbons (Fsp3) is 0.909. The van der Waals surface area contributed by atoms with Crippen LogP contribution in [0.2, 0.25) is 0 Å². The maximum atomic E-state index is 11.5. The first-order valence-corrected chi connectivity index (χ1v) is 5.68. The summed E-state index contributed by atoms with van der Waals surface area (Å²) in [6, 6.07) is 0.411. The van der Waals surface area contributed by atoms with Gasteiger partial charge in [0, 0.05) is 19.1 Å². The molecule has 0 aliphatic carbocycles. The van der Waals surface area contributed by atoms with Crippen molar-refractivity contribution in [1.29, 1.82) is 0 Å². The molecule has 0 aromatic heterocycles. The Bertz CT molecular complexity index is 209. The number of ether oxygens (including phenoxy) is 1. The van der Waals surface area contributed by atoms with Gasteiger partial charge in [-0.2, -0.15) is 0 Å². The van der Waals surface area contributed by atoms with Gasteiger partial charge in [0.2, 0.25) is 0 Å². The van der Waals surface area contributed by atoms with Crippen LogP contribution in [0, 0.1) is 5.92 Å².